The van der Waals surface area contributed by atoms with E-state index in [0.717, 1.165) is 22.3 Å². The summed E-state index contributed by atoms with van der Waals surface area (Å²) in [4.78, 5) is 13.0. The summed E-state index contributed by atoms with van der Waals surface area (Å²) in [6, 6.07) is 19.6. The fourth-order valence-corrected chi connectivity index (χ4v) is 3.08. The second-order valence-electron chi connectivity index (χ2n) is 6.09. The summed E-state index contributed by atoms with van der Waals surface area (Å²) < 4.78 is 26.3. The molecule has 3 aromatic rings. The molecule has 0 N–H and O–H groups in total. The molecule has 3 heteroatoms. The SMILES string of the molecule is O=C1/C(=C\c2ccc(F)cc2)c2ccccc2/C1=C/c1ccc(F)cc1. The van der Waals surface area contributed by atoms with Crippen LogP contribution in [0, 0.1) is 11.6 Å². The molecule has 1 aliphatic carbocycles. The van der Waals surface area contributed by atoms with Gasteiger partial charge in [-0.15, -0.1) is 0 Å². The molecule has 3 aromatic carbocycles. The number of hydrogen-bond donors (Lipinski definition) is 0. The number of benzene rings is 3. The lowest BCUT2D eigenvalue weighted by atomic mass is 10.0. The van der Waals surface area contributed by atoms with Crippen LogP contribution in [0.15, 0.2) is 72.8 Å². The first kappa shape index (κ1) is 16.2. The molecule has 1 aliphatic rings. The fourth-order valence-electron chi connectivity index (χ4n) is 3.08. The quantitative estimate of drug-likeness (QED) is 0.551. The number of hydrogen-bond acceptors (Lipinski definition) is 1. The lowest BCUT2D eigenvalue weighted by Crippen LogP contribution is -1.94. The first-order valence-corrected chi connectivity index (χ1v) is 8.21. The van der Waals surface area contributed by atoms with Gasteiger partial charge >= 0.3 is 0 Å². The van der Waals surface area contributed by atoms with Crippen molar-refractivity contribution in [3.63, 3.8) is 0 Å². The Balaban J connectivity index is 1.82. The van der Waals surface area contributed by atoms with Gasteiger partial charge in [0.2, 0.25) is 0 Å². The number of ketones is 1. The van der Waals surface area contributed by atoms with Crippen LogP contribution in [0.1, 0.15) is 22.3 Å². The van der Waals surface area contributed by atoms with Crippen molar-refractivity contribution in [1.82, 2.24) is 0 Å². The van der Waals surface area contributed by atoms with Crippen LogP contribution >= 0.6 is 0 Å². The molecule has 1 nitrogen and oxygen atoms in total. The van der Waals surface area contributed by atoms with Crippen molar-refractivity contribution in [2.24, 2.45) is 0 Å². The largest absolute Gasteiger partial charge is 0.289 e. The number of carbonyl (C=O) groups is 1. The minimum Gasteiger partial charge on any atom is -0.289 e. The Morgan fingerprint density at radius 1 is 0.577 bits per heavy atom. The standard InChI is InChI=1S/C23H14F2O/c24-17-9-5-15(6-10-17)13-21-19-3-1-2-4-20(19)22(23(21)26)14-16-7-11-18(25)12-8-16/h1-14H/b21-13-,22-14-. The van der Waals surface area contributed by atoms with Gasteiger partial charge in [-0.1, -0.05) is 48.5 Å². The highest BCUT2D eigenvalue weighted by Gasteiger charge is 2.29. The Bertz CT molecular complexity index is 958. The predicted octanol–water partition coefficient (Wildman–Crippen LogP) is 5.63. The van der Waals surface area contributed by atoms with Crippen molar-refractivity contribution in [3.05, 3.63) is 107 Å². The maximum absolute atomic E-state index is 13.1. The first-order valence-electron chi connectivity index (χ1n) is 8.21. The minimum absolute atomic E-state index is 0.0974. The summed E-state index contributed by atoms with van der Waals surface area (Å²) in [6.07, 6.45) is 3.54. The van der Waals surface area contributed by atoms with Crippen LogP contribution in [0.5, 0.6) is 0 Å². The van der Waals surface area contributed by atoms with Crippen molar-refractivity contribution in [3.8, 4) is 0 Å². The van der Waals surface area contributed by atoms with Crippen LogP contribution in [-0.2, 0) is 4.79 Å². The highest BCUT2D eigenvalue weighted by atomic mass is 19.1. The summed E-state index contributed by atoms with van der Waals surface area (Å²) in [5.41, 5.74) is 4.34. The molecule has 0 saturated heterocycles. The molecule has 0 spiro atoms. The molecule has 0 fully saturated rings. The zero-order valence-electron chi connectivity index (χ0n) is 13.7. The van der Waals surface area contributed by atoms with Crippen molar-refractivity contribution < 1.29 is 13.6 Å². The van der Waals surface area contributed by atoms with Crippen molar-refractivity contribution in [2.75, 3.05) is 0 Å². The van der Waals surface area contributed by atoms with E-state index in [-0.39, 0.29) is 17.4 Å². The minimum atomic E-state index is -0.317. The third-order valence-electron chi connectivity index (χ3n) is 4.36. The molecule has 26 heavy (non-hydrogen) atoms. The molecule has 0 aromatic heterocycles. The summed E-state index contributed by atoms with van der Waals surface area (Å²) in [5.74, 6) is -0.732. The van der Waals surface area contributed by atoms with E-state index in [1.165, 1.54) is 24.3 Å². The van der Waals surface area contributed by atoms with E-state index in [1.54, 1.807) is 36.4 Å². The van der Waals surface area contributed by atoms with Crippen molar-refractivity contribution in [2.45, 2.75) is 0 Å². The van der Waals surface area contributed by atoms with Crippen LogP contribution in [0.3, 0.4) is 0 Å². The van der Waals surface area contributed by atoms with Gasteiger partial charge < -0.3 is 0 Å². The van der Waals surface area contributed by atoms with Gasteiger partial charge in [-0.05, 0) is 58.7 Å². The van der Waals surface area contributed by atoms with Crippen LogP contribution in [-0.4, -0.2) is 5.78 Å². The third-order valence-corrected chi connectivity index (χ3v) is 4.36. The van der Waals surface area contributed by atoms with Gasteiger partial charge in [-0.2, -0.15) is 0 Å². The first-order chi connectivity index (χ1) is 12.6. The smallest absolute Gasteiger partial charge is 0.194 e. The van der Waals surface area contributed by atoms with E-state index in [2.05, 4.69) is 0 Å². The van der Waals surface area contributed by atoms with Gasteiger partial charge in [0.05, 0.1) is 0 Å². The van der Waals surface area contributed by atoms with E-state index >= 15 is 0 Å². The van der Waals surface area contributed by atoms with Crippen molar-refractivity contribution >= 4 is 29.1 Å². The molecule has 4 rings (SSSR count). The normalized spacial score (nSPS) is 16.3. The summed E-state index contributed by atoms with van der Waals surface area (Å²) in [5, 5.41) is 0. The lowest BCUT2D eigenvalue weighted by Gasteiger charge is -1.99. The topological polar surface area (TPSA) is 17.1 Å². The number of Topliss-reactive ketones (excluding diaryl/α,β-unsaturated/α-hetero) is 1. The van der Waals surface area contributed by atoms with Crippen LogP contribution in [0.2, 0.25) is 0 Å². The van der Waals surface area contributed by atoms with Crippen LogP contribution in [0.25, 0.3) is 23.3 Å². The fraction of sp³-hybridized carbons (Fsp3) is 0. The average Bonchev–Trinajstić information content (AvgIpc) is 2.91. The van der Waals surface area contributed by atoms with E-state index in [0.29, 0.717) is 11.1 Å². The molecule has 126 valence electrons. The van der Waals surface area contributed by atoms with E-state index in [4.69, 9.17) is 0 Å². The van der Waals surface area contributed by atoms with Gasteiger partial charge in [-0.25, -0.2) is 8.78 Å². The van der Waals surface area contributed by atoms with Gasteiger partial charge in [0, 0.05) is 11.1 Å². The maximum Gasteiger partial charge on any atom is 0.194 e. The summed E-state index contributed by atoms with van der Waals surface area (Å²) >= 11 is 0. The Morgan fingerprint density at radius 2 is 0.962 bits per heavy atom. The molecule has 0 atom stereocenters. The maximum atomic E-state index is 13.1. The van der Waals surface area contributed by atoms with Crippen LogP contribution in [0.4, 0.5) is 8.78 Å². The molecule has 0 saturated carbocycles. The molecule has 0 radical (unpaired) electrons. The Hall–Kier alpha value is -3.33. The number of allylic oxidation sites excluding steroid dienone is 2. The van der Waals surface area contributed by atoms with Gasteiger partial charge in [0.15, 0.2) is 5.78 Å². The van der Waals surface area contributed by atoms with E-state index in [9.17, 15) is 13.6 Å². The molecule has 0 bridgehead atoms. The second kappa shape index (κ2) is 6.52. The third kappa shape index (κ3) is 3.00. The molecule has 0 heterocycles. The van der Waals surface area contributed by atoms with Gasteiger partial charge in [-0.3, -0.25) is 4.79 Å². The Morgan fingerprint density at radius 3 is 1.35 bits per heavy atom. The van der Waals surface area contributed by atoms with E-state index < -0.39 is 0 Å². The molecule has 0 amide bonds. The average molecular weight is 344 g/mol. The van der Waals surface area contributed by atoms with Gasteiger partial charge in [0.1, 0.15) is 11.6 Å². The Labute approximate surface area is 149 Å². The van der Waals surface area contributed by atoms with E-state index in [1.807, 2.05) is 24.3 Å². The number of halogens is 2. The summed E-state index contributed by atoms with van der Waals surface area (Å²) in [7, 11) is 0. The second-order valence-corrected chi connectivity index (χ2v) is 6.09. The lowest BCUT2D eigenvalue weighted by molar-refractivity contribution is -0.108. The number of carbonyl (C=O) groups excluding carboxylic acids is 1. The highest BCUT2D eigenvalue weighted by molar-refractivity contribution is 6.51. The highest BCUT2D eigenvalue weighted by Crippen LogP contribution is 2.39. The monoisotopic (exact) mass is 344 g/mol. The number of fused-ring (bicyclic) bond motifs is 1. The molecular weight excluding hydrogens is 330 g/mol. The molecular formula is C23H14F2O. The van der Waals surface area contributed by atoms with Crippen LogP contribution < -0.4 is 0 Å². The number of rotatable bonds is 2. The van der Waals surface area contributed by atoms with Gasteiger partial charge in [0.25, 0.3) is 0 Å². The summed E-state index contributed by atoms with van der Waals surface area (Å²) in [6.45, 7) is 0. The Kier molecular flexibility index (Phi) is 4.05. The zero-order chi connectivity index (χ0) is 18.1. The molecule has 0 aliphatic heterocycles. The molecule has 0 unspecified atom stereocenters. The zero-order valence-corrected chi connectivity index (χ0v) is 13.7. The predicted molar refractivity (Wildman–Crippen MR) is 100.0 cm³/mol. The van der Waals surface area contributed by atoms with Crippen molar-refractivity contribution in [1.29, 1.82) is 0 Å².